The number of rotatable bonds is 2. The van der Waals surface area contributed by atoms with Crippen molar-refractivity contribution in [2.45, 2.75) is 6.18 Å². The molecule has 0 fully saturated rings. The predicted octanol–water partition coefficient (Wildman–Crippen LogP) is 2.76. The number of nitrogens with zero attached hydrogens (tertiary/aromatic N) is 1. The molecule has 0 saturated heterocycles. The topological polar surface area (TPSA) is 56.3 Å². The summed E-state index contributed by atoms with van der Waals surface area (Å²) in [6, 6.07) is 2.07. The van der Waals surface area contributed by atoms with Crippen LogP contribution < -0.4 is 0 Å². The molecule has 0 saturated carbocycles. The van der Waals surface area contributed by atoms with Crippen molar-refractivity contribution >= 4 is 12.0 Å². The van der Waals surface area contributed by atoms with Crippen LogP contribution in [0.2, 0.25) is 0 Å². The van der Waals surface area contributed by atoms with Gasteiger partial charge >= 0.3 is 12.1 Å². The molecule has 1 aromatic rings. The average molecular weight is 207 g/mol. The quantitative estimate of drug-likeness (QED) is 0.553. The van der Waals surface area contributed by atoms with Crippen LogP contribution in [0, 0.1) is 10.1 Å². The molecular weight excluding hydrogens is 203 g/mol. The molecule has 0 aromatic carbocycles. The first kappa shape index (κ1) is 10.3. The summed E-state index contributed by atoms with van der Waals surface area (Å²) < 4.78 is 39.4. The van der Waals surface area contributed by atoms with E-state index in [2.05, 4.69) is 4.42 Å². The Kier molecular flexibility index (Phi) is 2.59. The molecule has 0 aliphatic heterocycles. The Morgan fingerprint density at radius 2 is 2.07 bits per heavy atom. The van der Waals surface area contributed by atoms with E-state index in [1.807, 2.05) is 0 Å². The summed E-state index contributed by atoms with van der Waals surface area (Å²) in [6.45, 7) is 0. The first-order valence-electron chi connectivity index (χ1n) is 3.39. The van der Waals surface area contributed by atoms with Crippen molar-refractivity contribution in [3.8, 4) is 0 Å². The van der Waals surface area contributed by atoms with Gasteiger partial charge in [-0.1, -0.05) is 0 Å². The average Bonchev–Trinajstić information content (AvgIpc) is 2.47. The van der Waals surface area contributed by atoms with E-state index in [1.54, 1.807) is 0 Å². The summed E-state index contributed by atoms with van der Waals surface area (Å²) in [6.07, 6.45) is -3.90. The molecule has 0 atom stereocenters. The van der Waals surface area contributed by atoms with Crippen LogP contribution in [0.3, 0.4) is 0 Å². The standard InChI is InChI=1S/C7H4F3NO3/c8-7(9,10)4-3-5-1-2-6(14-5)11(12)13/h1-4H/b4-3+. The van der Waals surface area contributed by atoms with Gasteiger partial charge in [-0.3, -0.25) is 10.1 Å². The Bertz CT molecular complexity index is 367. The maximum absolute atomic E-state index is 11.6. The first-order chi connectivity index (χ1) is 6.38. The second-order valence-electron chi connectivity index (χ2n) is 2.31. The number of hydrogen-bond donors (Lipinski definition) is 0. The highest BCUT2D eigenvalue weighted by molar-refractivity contribution is 5.45. The third-order valence-electron chi connectivity index (χ3n) is 1.23. The molecule has 0 unspecified atom stereocenters. The zero-order valence-electron chi connectivity index (χ0n) is 6.62. The highest BCUT2D eigenvalue weighted by Gasteiger charge is 2.22. The minimum atomic E-state index is -4.46. The van der Waals surface area contributed by atoms with Gasteiger partial charge in [0.25, 0.3) is 0 Å². The molecule has 0 amide bonds. The van der Waals surface area contributed by atoms with E-state index in [4.69, 9.17) is 0 Å². The normalized spacial score (nSPS) is 12.2. The summed E-state index contributed by atoms with van der Waals surface area (Å²) >= 11 is 0. The van der Waals surface area contributed by atoms with E-state index < -0.39 is 17.0 Å². The van der Waals surface area contributed by atoms with E-state index in [0.717, 1.165) is 12.1 Å². The summed E-state index contributed by atoms with van der Waals surface area (Å²) in [4.78, 5) is 9.25. The molecule has 0 aliphatic carbocycles. The Morgan fingerprint density at radius 1 is 1.43 bits per heavy atom. The van der Waals surface area contributed by atoms with Crippen LogP contribution in [0.4, 0.5) is 19.1 Å². The lowest BCUT2D eigenvalue weighted by molar-refractivity contribution is -0.402. The Hall–Kier alpha value is -1.79. The maximum Gasteiger partial charge on any atom is 0.433 e. The van der Waals surface area contributed by atoms with Crippen molar-refractivity contribution in [2.75, 3.05) is 0 Å². The number of halogens is 3. The second-order valence-corrected chi connectivity index (χ2v) is 2.31. The lowest BCUT2D eigenvalue weighted by Gasteiger charge is -1.94. The summed E-state index contributed by atoms with van der Waals surface area (Å²) in [5.74, 6) is -0.805. The maximum atomic E-state index is 11.6. The minimum absolute atomic E-state index is 0.0600. The van der Waals surface area contributed by atoms with Gasteiger partial charge in [-0.05, 0) is 12.1 Å². The zero-order valence-corrected chi connectivity index (χ0v) is 6.62. The van der Waals surface area contributed by atoms with Crippen LogP contribution in [0.15, 0.2) is 22.6 Å². The number of hydrogen-bond acceptors (Lipinski definition) is 3. The summed E-state index contributed by atoms with van der Waals surface area (Å²) in [5.41, 5.74) is 0. The molecule has 4 nitrogen and oxygen atoms in total. The van der Waals surface area contributed by atoms with Crippen LogP contribution in [0.1, 0.15) is 5.76 Å². The molecule has 0 radical (unpaired) electrons. The van der Waals surface area contributed by atoms with Gasteiger partial charge in [0, 0.05) is 6.08 Å². The van der Waals surface area contributed by atoms with Gasteiger partial charge in [0.2, 0.25) is 0 Å². The van der Waals surface area contributed by atoms with Gasteiger partial charge in [0.05, 0.1) is 6.07 Å². The second kappa shape index (κ2) is 3.52. The smallest absolute Gasteiger partial charge is 0.401 e. The highest BCUT2D eigenvalue weighted by Crippen LogP contribution is 2.21. The monoisotopic (exact) mass is 207 g/mol. The molecule has 1 rings (SSSR count). The number of furan rings is 1. The molecule has 1 heterocycles. The van der Waals surface area contributed by atoms with Crippen molar-refractivity contribution in [3.05, 3.63) is 34.1 Å². The molecule has 0 aliphatic rings. The lowest BCUT2D eigenvalue weighted by atomic mass is 10.4. The van der Waals surface area contributed by atoms with Gasteiger partial charge in [-0.15, -0.1) is 0 Å². The first-order valence-corrected chi connectivity index (χ1v) is 3.39. The lowest BCUT2D eigenvalue weighted by Crippen LogP contribution is -1.99. The Balaban J connectivity index is 2.79. The van der Waals surface area contributed by atoms with E-state index in [1.165, 1.54) is 0 Å². The van der Waals surface area contributed by atoms with Crippen molar-refractivity contribution in [1.82, 2.24) is 0 Å². The van der Waals surface area contributed by atoms with Gasteiger partial charge in [-0.2, -0.15) is 13.2 Å². The van der Waals surface area contributed by atoms with Crippen LogP contribution in [0.5, 0.6) is 0 Å². The van der Waals surface area contributed by atoms with Crippen LogP contribution in [0.25, 0.3) is 6.08 Å². The van der Waals surface area contributed by atoms with Crippen LogP contribution in [-0.2, 0) is 0 Å². The molecular formula is C7H4F3NO3. The van der Waals surface area contributed by atoms with Crippen molar-refractivity contribution < 1.29 is 22.5 Å². The highest BCUT2D eigenvalue weighted by atomic mass is 19.4. The van der Waals surface area contributed by atoms with Crippen LogP contribution >= 0.6 is 0 Å². The van der Waals surface area contributed by atoms with Crippen LogP contribution in [-0.4, -0.2) is 11.1 Å². The number of alkyl halides is 3. The predicted molar refractivity (Wildman–Crippen MR) is 40.5 cm³/mol. The summed E-state index contributed by atoms with van der Waals surface area (Å²) in [5, 5.41) is 10.1. The van der Waals surface area contributed by atoms with Gasteiger partial charge < -0.3 is 4.42 Å². The fraction of sp³-hybridized carbons (Fsp3) is 0.143. The molecule has 0 N–H and O–H groups in total. The van der Waals surface area contributed by atoms with Crippen molar-refractivity contribution in [3.63, 3.8) is 0 Å². The van der Waals surface area contributed by atoms with E-state index >= 15 is 0 Å². The molecule has 0 spiro atoms. The Morgan fingerprint density at radius 3 is 2.50 bits per heavy atom. The molecule has 0 bridgehead atoms. The van der Waals surface area contributed by atoms with E-state index in [9.17, 15) is 23.3 Å². The third kappa shape index (κ3) is 2.92. The van der Waals surface area contributed by atoms with Gasteiger partial charge in [0.15, 0.2) is 0 Å². The Labute approximate surface area is 75.8 Å². The van der Waals surface area contributed by atoms with Gasteiger partial charge in [-0.25, -0.2) is 0 Å². The number of allylic oxidation sites excluding steroid dienone is 1. The van der Waals surface area contributed by atoms with E-state index in [-0.39, 0.29) is 11.8 Å². The molecule has 1 aromatic heterocycles. The molecule has 14 heavy (non-hydrogen) atoms. The zero-order chi connectivity index (χ0) is 10.8. The van der Waals surface area contributed by atoms with E-state index in [0.29, 0.717) is 6.08 Å². The third-order valence-corrected chi connectivity index (χ3v) is 1.23. The van der Waals surface area contributed by atoms with Crippen molar-refractivity contribution in [2.24, 2.45) is 0 Å². The fourth-order valence-corrected chi connectivity index (χ4v) is 0.707. The number of nitro groups is 1. The molecule has 76 valence electrons. The molecule has 7 heteroatoms. The SMILES string of the molecule is O=[N+]([O-])c1ccc(/C=C/C(F)(F)F)o1. The minimum Gasteiger partial charge on any atom is -0.401 e. The largest absolute Gasteiger partial charge is 0.433 e. The van der Waals surface area contributed by atoms with Crippen molar-refractivity contribution in [1.29, 1.82) is 0 Å². The fourth-order valence-electron chi connectivity index (χ4n) is 0.707. The van der Waals surface area contributed by atoms with Gasteiger partial charge in [0.1, 0.15) is 10.7 Å². The summed E-state index contributed by atoms with van der Waals surface area (Å²) in [7, 11) is 0.